The standard InChI is InChI=1S/C25H20N4O3S/c1-2-31-20-11-6-12-22-23(20)27-25(33-22)29(16-17-8-7-13-26-15-17)24(30)19-14-21(32-28-19)18-9-4-3-5-10-18/h3-15H,2,16H2,1H3. The van der Waals surface area contributed by atoms with Crippen LogP contribution in [0.15, 0.2) is 83.6 Å². The molecule has 0 N–H and O–H groups in total. The van der Waals surface area contributed by atoms with Gasteiger partial charge in [0, 0.05) is 24.0 Å². The summed E-state index contributed by atoms with van der Waals surface area (Å²) in [7, 11) is 0. The summed E-state index contributed by atoms with van der Waals surface area (Å²) >= 11 is 1.43. The van der Waals surface area contributed by atoms with Crippen LogP contribution < -0.4 is 9.64 Å². The summed E-state index contributed by atoms with van der Waals surface area (Å²) < 4.78 is 12.1. The molecule has 0 saturated heterocycles. The number of hydrogen-bond acceptors (Lipinski definition) is 7. The first-order valence-electron chi connectivity index (χ1n) is 10.5. The molecule has 0 radical (unpaired) electrons. The fraction of sp³-hybridized carbons (Fsp3) is 0.120. The second kappa shape index (κ2) is 9.22. The molecule has 0 atom stereocenters. The quantitative estimate of drug-likeness (QED) is 0.317. The average Bonchev–Trinajstić information content (AvgIpc) is 3.52. The van der Waals surface area contributed by atoms with Gasteiger partial charge in [-0.15, -0.1) is 0 Å². The monoisotopic (exact) mass is 456 g/mol. The van der Waals surface area contributed by atoms with Gasteiger partial charge in [-0.3, -0.25) is 14.7 Å². The molecule has 3 aromatic heterocycles. The number of pyridine rings is 1. The molecule has 0 spiro atoms. The number of carbonyl (C=O) groups is 1. The van der Waals surface area contributed by atoms with Gasteiger partial charge in [0.05, 0.1) is 17.9 Å². The number of rotatable bonds is 7. The van der Waals surface area contributed by atoms with Gasteiger partial charge in [0.2, 0.25) is 0 Å². The molecule has 7 nitrogen and oxygen atoms in total. The number of ether oxygens (including phenoxy) is 1. The van der Waals surface area contributed by atoms with E-state index in [0.29, 0.717) is 29.8 Å². The van der Waals surface area contributed by atoms with E-state index in [1.165, 1.54) is 11.3 Å². The minimum Gasteiger partial charge on any atom is -0.492 e. The third-order valence-corrected chi connectivity index (χ3v) is 6.04. The number of thiazole rings is 1. The van der Waals surface area contributed by atoms with Gasteiger partial charge in [0.15, 0.2) is 16.6 Å². The van der Waals surface area contributed by atoms with Crippen LogP contribution in [0.5, 0.6) is 5.75 Å². The maximum absolute atomic E-state index is 13.6. The van der Waals surface area contributed by atoms with E-state index in [0.717, 1.165) is 21.3 Å². The van der Waals surface area contributed by atoms with Gasteiger partial charge in [-0.05, 0) is 30.7 Å². The zero-order valence-corrected chi connectivity index (χ0v) is 18.7. The van der Waals surface area contributed by atoms with Crippen molar-refractivity contribution in [3.8, 4) is 17.1 Å². The SMILES string of the molecule is CCOc1cccc2sc(N(Cc3cccnc3)C(=O)c3cc(-c4ccccc4)on3)nc12. The van der Waals surface area contributed by atoms with E-state index in [4.69, 9.17) is 14.2 Å². The lowest BCUT2D eigenvalue weighted by Gasteiger charge is -2.18. The van der Waals surface area contributed by atoms with E-state index < -0.39 is 0 Å². The number of para-hydroxylation sites is 1. The number of benzene rings is 2. The first kappa shape index (κ1) is 20.8. The highest BCUT2D eigenvalue weighted by Gasteiger charge is 2.25. The van der Waals surface area contributed by atoms with Crippen LogP contribution in [0.3, 0.4) is 0 Å². The number of amides is 1. The highest BCUT2D eigenvalue weighted by molar-refractivity contribution is 7.22. The molecule has 5 rings (SSSR count). The maximum Gasteiger partial charge on any atom is 0.282 e. The van der Waals surface area contributed by atoms with Crippen molar-refractivity contribution in [2.24, 2.45) is 0 Å². The molecular weight excluding hydrogens is 436 g/mol. The van der Waals surface area contributed by atoms with Gasteiger partial charge < -0.3 is 9.26 Å². The van der Waals surface area contributed by atoms with Crippen molar-refractivity contribution in [1.29, 1.82) is 0 Å². The Hall–Kier alpha value is -4.04. The van der Waals surface area contributed by atoms with Gasteiger partial charge in [-0.1, -0.05) is 59.0 Å². The van der Waals surface area contributed by atoms with E-state index in [-0.39, 0.29) is 11.6 Å². The summed E-state index contributed by atoms with van der Waals surface area (Å²) in [5.41, 5.74) is 2.67. The van der Waals surface area contributed by atoms with Crippen molar-refractivity contribution >= 4 is 32.6 Å². The molecule has 164 valence electrons. The molecule has 0 saturated carbocycles. The van der Waals surface area contributed by atoms with Crippen LogP contribution in [0, 0.1) is 0 Å². The van der Waals surface area contributed by atoms with Crippen LogP contribution >= 0.6 is 11.3 Å². The van der Waals surface area contributed by atoms with Crippen molar-refractivity contribution in [3.63, 3.8) is 0 Å². The zero-order chi connectivity index (χ0) is 22.6. The van der Waals surface area contributed by atoms with E-state index in [1.807, 2.05) is 67.6 Å². The Morgan fingerprint density at radius 1 is 1.09 bits per heavy atom. The van der Waals surface area contributed by atoms with Crippen molar-refractivity contribution in [3.05, 3.63) is 90.4 Å². The lowest BCUT2D eigenvalue weighted by Crippen LogP contribution is -2.30. The first-order chi connectivity index (χ1) is 16.2. The number of aromatic nitrogens is 3. The molecule has 5 aromatic rings. The van der Waals surface area contributed by atoms with E-state index in [9.17, 15) is 4.79 Å². The van der Waals surface area contributed by atoms with Gasteiger partial charge in [-0.25, -0.2) is 4.98 Å². The number of fused-ring (bicyclic) bond motifs is 1. The van der Waals surface area contributed by atoms with Gasteiger partial charge in [0.1, 0.15) is 11.3 Å². The molecule has 0 fully saturated rings. The predicted molar refractivity (Wildman–Crippen MR) is 127 cm³/mol. The second-order valence-corrected chi connectivity index (χ2v) is 8.24. The van der Waals surface area contributed by atoms with Crippen molar-refractivity contribution < 1.29 is 14.1 Å². The van der Waals surface area contributed by atoms with Crippen LogP contribution in [0.1, 0.15) is 23.0 Å². The summed E-state index contributed by atoms with van der Waals surface area (Å²) in [6, 6.07) is 20.7. The van der Waals surface area contributed by atoms with E-state index in [2.05, 4.69) is 10.1 Å². The van der Waals surface area contributed by atoms with E-state index >= 15 is 0 Å². The summed E-state index contributed by atoms with van der Waals surface area (Å²) in [5, 5.41) is 4.60. The Morgan fingerprint density at radius 2 is 1.97 bits per heavy atom. The van der Waals surface area contributed by atoms with Crippen LogP contribution in [-0.4, -0.2) is 27.6 Å². The lowest BCUT2D eigenvalue weighted by atomic mass is 10.1. The molecule has 8 heteroatoms. The lowest BCUT2D eigenvalue weighted by molar-refractivity contribution is 0.0976. The Labute approximate surface area is 194 Å². The third-order valence-electron chi connectivity index (χ3n) is 5.00. The molecule has 0 aliphatic heterocycles. The maximum atomic E-state index is 13.6. The van der Waals surface area contributed by atoms with Gasteiger partial charge in [-0.2, -0.15) is 0 Å². The van der Waals surface area contributed by atoms with E-state index in [1.54, 1.807) is 23.4 Å². The molecule has 3 heterocycles. The summed E-state index contributed by atoms with van der Waals surface area (Å²) in [5.74, 6) is 0.920. The molecule has 33 heavy (non-hydrogen) atoms. The highest BCUT2D eigenvalue weighted by atomic mass is 32.1. The third kappa shape index (κ3) is 4.33. The predicted octanol–water partition coefficient (Wildman–Crippen LogP) is 5.59. The minimum absolute atomic E-state index is 0.210. The number of hydrogen-bond donors (Lipinski definition) is 0. The Kier molecular flexibility index (Phi) is 5.82. The Morgan fingerprint density at radius 3 is 2.76 bits per heavy atom. The second-order valence-electron chi connectivity index (χ2n) is 7.23. The van der Waals surface area contributed by atoms with Crippen LogP contribution in [-0.2, 0) is 6.54 Å². The average molecular weight is 457 g/mol. The molecule has 1 amide bonds. The minimum atomic E-state index is -0.304. The molecule has 0 aliphatic carbocycles. The topological polar surface area (TPSA) is 81.4 Å². The zero-order valence-electron chi connectivity index (χ0n) is 17.8. The number of nitrogens with zero attached hydrogens (tertiary/aromatic N) is 4. The Bertz CT molecular complexity index is 1380. The van der Waals surface area contributed by atoms with Crippen LogP contribution in [0.25, 0.3) is 21.5 Å². The Balaban J connectivity index is 1.54. The van der Waals surface area contributed by atoms with Crippen LogP contribution in [0.4, 0.5) is 5.13 Å². The molecular formula is C25H20N4O3S. The fourth-order valence-corrected chi connectivity index (χ4v) is 4.43. The number of carbonyl (C=O) groups excluding carboxylic acids is 1. The summed E-state index contributed by atoms with van der Waals surface area (Å²) in [6.45, 7) is 2.76. The smallest absolute Gasteiger partial charge is 0.282 e. The number of anilines is 1. The van der Waals surface area contributed by atoms with Crippen molar-refractivity contribution in [2.75, 3.05) is 11.5 Å². The summed E-state index contributed by atoms with van der Waals surface area (Å²) in [4.78, 5) is 24.1. The normalized spacial score (nSPS) is 10.9. The van der Waals surface area contributed by atoms with Gasteiger partial charge in [0.25, 0.3) is 5.91 Å². The summed E-state index contributed by atoms with van der Waals surface area (Å²) in [6.07, 6.45) is 3.43. The first-order valence-corrected chi connectivity index (χ1v) is 11.3. The van der Waals surface area contributed by atoms with Crippen molar-refractivity contribution in [2.45, 2.75) is 13.5 Å². The van der Waals surface area contributed by atoms with Gasteiger partial charge >= 0.3 is 0 Å². The largest absolute Gasteiger partial charge is 0.492 e. The van der Waals surface area contributed by atoms with Crippen molar-refractivity contribution in [1.82, 2.24) is 15.1 Å². The van der Waals surface area contributed by atoms with Crippen LogP contribution in [0.2, 0.25) is 0 Å². The molecule has 0 bridgehead atoms. The molecule has 0 aliphatic rings. The fourth-order valence-electron chi connectivity index (χ4n) is 3.45. The molecule has 0 unspecified atom stereocenters. The highest BCUT2D eigenvalue weighted by Crippen LogP contribution is 2.35. The molecule has 2 aromatic carbocycles.